The van der Waals surface area contributed by atoms with E-state index in [0.717, 1.165) is 21.3 Å². The van der Waals surface area contributed by atoms with E-state index in [0.29, 0.717) is 6.61 Å². The molecular weight excluding hydrogens is 220 g/mol. The van der Waals surface area contributed by atoms with Crippen molar-refractivity contribution >= 4 is 15.9 Å². The molecule has 1 atom stereocenters. The van der Waals surface area contributed by atoms with Crippen LogP contribution in [0.2, 0.25) is 0 Å². The monoisotopic (exact) mass is 228 g/mol. The van der Waals surface area contributed by atoms with Crippen LogP contribution in [0.4, 0.5) is 0 Å². The number of hydrogen-bond donors (Lipinski definition) is 1. The van der Waals surface area contributed by atoms with Crippen LogP contribution in [0, 0.1) is 6.92 Å². The quantitative estimate of drug-likeness (QED) is 0.738. The van der Waals surface area contributed by atoms with E-state index < -0.39 is 6.10 Å². The SMILES string of the molecule is Cc1cc(Br)c2c(c1)[C@@H](O)CO2. The zero-order valence-electron chi connectivity index (χ0n) is 6.67. The van der Waals surface area contributed by atoms with Gasteiger partial charge >= 0.3 is 0 Å². The number of fused-ring (bicyclic) bond motifs is 1. The Hall–Kier alpha value is -0.540. The van der Waals surface area contributed by atoms with E-state index in [-0.39, 0.29) is 0 Å². The van der Waals surface area contributed by atoms with Crippen LogP contribution in [0.5, 0.6) is 5.75 Å². The molecular formula is C9H9BrO2. The standard InChI is InChI=1S/C9H9BrO2/c1-5-2-6-8(11)4-12-9(6)7(10)3-5/h2-3,8,11H,4H2,1H3/t8-/m0/s1. The Balaban J connectivity index is 2.60. The molecule has 0 amide bonds. The summed E-state index contributed by atoms with van der Waals surface area (Å²) in [5.74, 6) is 0.785. The summed E-state index contributed by atoms with van der Waals surface area (Å²) in [6, 6.07) is 3.94. The summed E-state index contributed by atoms with van der Waals surface area (Å²) in [5.41, 5.74) is 2.02. The highest BCUT2D eigenvalue weighted by atomic mass is 79.9. The van der Waals surface area contributed by atoms with Crippen LogP contribution in [0.15, 0.2) is 16.6 Å². The van der Waals surface area contributed by atoms with Crippen LogP contribution in [0.25, 0.3) is 0 Å². The summed E-state index contributed by atoms with van der Waals surface area (Å²) in [4.78, 5) is 0. The van der Waals surface area contributed by atoms with Crippen LogP contribution in [0.3, 0.4) is 0 Å². The molecule has 2 nitrogen and oxygen atoms in total. The van der Waals surface area contributed by atoms with Gasteiger partial charge in [0.25, 0.3) is 0 Å². The second-order valence-electron chi connectivity index (χ2n) is 2.99. The molecule has 64 valence electrons. The van der Waals surface area contributed by atoms with E-state index in [1.54, 1.807) is 0 Å². The van der Waals surface area contributed by atoms with Crippen molar-refractivity contribution in [2.45, 2.75) is 13.0 Å². The van der Waals surface area contributed by atoms with Crippen molar-refractivity contribution < 1.29 is 9.84 Å². The van der Waals surface area contributed by atoms with Crippen LogP contribution in [-0.2, 0) is 0 Å². The van der Waals surface area contributed by atoms with E-state index >= 15 is 0 Å². The Morgan fingerprint density at radius 2 is 2.33 bits per heavy atom. The third kappa shape index (κ3) is 1.13. The second-order valence-corrected chi connectivity index (χ2v) is 3.85. The van der Waals surface area contributed by atoms with Gasteiger partial charge in [-0.15, -0.1) is 0 Å². The number of aryl methyl sites for hydroxylation is 1. The average Bonchev–Trinajstić information content (AvgIpc) is 2.33. The van der Waals surface area contributed by atoms with Gasteiger partial charge in [0, 0.05) is 5.56 Å². The lowest BCUT2D eigenvalue weighted by Crippen LogP contribution is -1.97. The number of hydrogen-bond acceptors (Lipinski definition) is 2. The fourth-order valence-corrected chi connectivity index (χ4v) is 2.11. The van der Waals surface area contributed by atoms with Crippen LogP contribution < -0.4 is 4.74 Å². The van der Waals surface area contributed by atoms with Gasteiger partial charge < -0.3 is 9.84 Å². The van der Waals surface area contributed by atoms with Gasteiger partial charge in [0.15, 0.2) is 0 Å². The van der Waals surface area contributed by atoms with Crippen molar-refractivity contribution in [2.24, 2.45) is 0 Å². The fourth-order valence-electron chi connectivity index (χ4n) is 1.41. The second kappa shape index (κ2) is 2.75. The molecule has 1 heterocycles. The van der Waals surface area contributed by atoms with Gasteiger partial charge in [0.05, 0.1) is 4.47 Å². The summed E-state index contributed by atoms with van der Waals surface area (Å²) in [5, 5.41) is 9.48. The molecule has 1 N–H and O–H groups in total. The number of aliphatic hydroxyl groups excluding tert-OH is 1. The molecule has 0 saturated carbocycles. The Kier molecular flexibility index (Phi) is 1.85. The normalized spacial score (nSPS) is 20.4. The van der Waals surface area contributed by atoms with E-state index in [4.69, 9.17) is 4.74 Å². The van der Waals surface area contributed by atoms with Gasteiger partial charge in [-0.2, -0.15) is 0 Å². The van der Waals surface area contributed by atoms with E-state index in [1.807, 2.05) is 19.1 Å². The molecule has 0 spiro atoms. The largest absolute Gasteiger partial charge is 0.489 e. The predicted octanol–water partition coefficient (Wildman–Crippen LogP) is 2.18. The van der Waals surface area contributed by atoms with Crippen LogP contribution >= 0.6 is 15.9 Å². The first-order valence-corrected chi connectivity index (χ1v) is 4.58. The van der Waals surface area contributed by atoms with Crippen molar-refractivity contribution in [3.63, 3.8) is 0 Å². The summed E-state index contributed by atoms with van der Waals surface area (Å²) in [6.07, 6.45) is -0.462. The first-order chi connectivity index (χ1) is 5.68. The lowest BCUT2D eigenvalue weighted by Gasteiger charge is -2.03. The van der Waals surface area contributed by atoms with Gasteiger partial charge in [0.1, 0.15) is 18.5 Å². The molecule has 12 heavy (non-hydrogen) atoms. The Labute approximate surface area is 79.3 Å². The third-order valence-corrected chi connectivity index (χ3v) is 2.55. The predicted molar refractivity (Wildman–Crippen MR) is 49.3 cm³/mol. The van der Waals surface area contributed by atoms with Crippen molar-refractivity contribution in [3.8, 4) is 5.75 Å². The summed E-state index contributed by atoms with van der Waals surface area (Å²) >= 11 is 3.39. The average molecular weight is 229 g/mol. The molecule has 0 bridgehead atoms. The third-order valence-electron chi connectivity index (χ3n) is 1.96. The molecule has 0 aliphatic carbocycles. The Morgan fingerprint density at radius 3 is 3.08 bits per heavy atom. The summed E-state index contributed by atoms with van der Waals surface area (Å²) in [6.45, 7) is 2.37. The van der Waals surface area contributed by atoms with E-state index in [2.05, 4.69) is 15.9 Å². The number of halogens is 1. The zero-order valence-corrected chi connectivity index (χ0v) is 8.26. The molecule has 0 saturated heterocycles. The van der Waals surface area contributed by atoms with Crippen molar-refractivity contribution in [3.05, 3.63) is 27.7 Å². The Morgan fingerprint density at radius 1 is 1.58 bits per heavy atom. The highest BCUT2D eigenvalue weighted by Gasteiger charge is 2.23. The first-order valence-electron chi connectivity index (χ1n) is 3.79. The number of benzene rings is 1. The van der Waals surface area contributed by atoms with E-state index in [9.17, 15) is 5.11 Å². The van der Waals surface area contributed by atoms with Crippen LogP contribution in [-0.4, -0.2) is 11.7 Å². The van der Waals surface area contributed by atoms with Gasteiger partial charge in [-0.25, -0.2) is 0 Å². The van der Waals surface area contributed by atoms with Gasteiger partial charge in [-0.05, 0) is 40.5 Å². The summed E-state index contributed by atoms with van der Waals surface area (Å²) < 4.78 is 6.22. The summed E-state index contributed by atoms with van der Waals surface area (Å²) in [7, 11) is 0. The zero-order chi connectivity index (χ0) is 8.72. The molecule has 0 aromatic heterocycles. The minimum Gasteiger partial charge on any atom is -0.489 e. The minimum atomic E-state index is -0.462. The maximum absolute atomic E-state index is 9.48. The highest BCUT2D eigenvalue weighted by Crippen LogP contribution is 2.39. The molecule has 3 heteroatoms. The molecule has 1 aliphatic heterocycles. The van der Waals surface area contributed by atoms with Crippen molar-refractivity contribution in [1.82, 2.24) is 0 Å². The molecule has 1 aliphatic rings. The van der Waals surface area contributed by atoms with Gasteiger partial charge in [0.2, 0.25) is 0 Å². The molecule has 1 aromatic rings. The lowest BCUT2D eigenvalue weighted by atomic mass is 10.1. The molecule has 0 radical (unpaired) electrons. The lowest BCUT2D eigenvalue weighted by molar-refractivity contribution is 0.140. The maximum atomic E-state index is 9.48. The van der Waals surface area contributed by atoms with Crippen LogP contribution in [0.1, 0.15) is 17.2 Å². The van der Waals surface area contributed by atoms with Crippen molar-refractivity contribution in [2.75, 3.05) is 6.61 Å². The molecule has 1 aromatic carbocycles. The van der Waals surface area contributed by atoms with E-state index in [1.165, 1.54) is 0 Å². The molecule has 0 unspecified atom stereocenters. The Bertz CT molecular complexity index is 323. The van der Waals surface area contributed by atoms with Gasteiger partial charge in [-0.3, -0.25) is 0 Å². The fraction of sp³-hybridized carbons (Fsp3) is 0.333. The minimum absolute atomic E-state index is 0.372. The number of rotatable bonds is 0. The first kappa shape index (κ1) is 8.08. The molecule has 0 fully saturated rings. The smallest absolute Gasteiger partial charge is 0.139 e. The van der Waals surface area contributed by atoms with Gasteiger partial charge in [-0.1, -0.05) is 0 Å². The maximum Gasteiger partial charge on any atom is 0.139 e. The topological polar surface area (TPSA) is 29.5 Å². The molecule has 2 rings (SSSR count). The number of ether oxygens (including phenoxy) is 1. The number of aliphatic hydroxyl groups is 1. The highest BCUT2D eigenvalue weighted by molar-refractivity contribution is 9.10. The van der Waals surface area contributed by atoms with Crippen molar-refractivity contribution in [1.29, 1.82) is 0 Å².